The van der Waals surface area contributed by atoms with Crippen molar-refractivity contribution < 1.29 is 4.57 Å². The Labute approximate surface area is 126 Å². The number of hydrogen-bond acceptors (Lipinski definition) is 0. The van der Waals surface area contributed by atoms with Crippen molar-refractivity contribution in [2.45, 2.75) is 97.4 Å². The molecule has 0 fully saturated rings. The minimum absolute atomic E-state index is 0.732. The van der Waals surface area contributed by atoms with Crippen molar-refractivity contribution in [3.8, 4) is 0 Å². The summed E-state index contributed by atoms with van der Waals surface area (Å²) in [6.07, 6.45) is 18.0. The van der Waals surface area contributed by atoms with Gasteiger partial charge < -0.3 is 0 Å². The second kappa shape index (κ2) is 10.9. The molecule has 1 atom stereocenters. The van der Waals surface area contributed by atoms with Crippen LogP contribution >= 0.6 is 0 Å². The molecule has 0 aliphatic heterocycles. The van der Waals surface area contributed by atoms with E-state index in [1.807, 2.05) is 0 Å². The summed E-state index contributed by atoms with van der Waals surface area (Å²) in [5.74, 6) is 2.19. The van der Waals surface area contributed by atoms with Crippen LogP contribution in [0.25, 0.3) is 0 Å². The molecule has 116 valence electrons. The fraction of sp³-hybridized carbons (Fsp3) is 0.833. The van der Waals surface area contributed by atoms with Crippen LogP contribution in [-0.2, 0) is 6.54 Å². The van der Waals surface area contributed by atoms with Crippen molar-refractivity contribution in [3.63, 3.8) is 0 Å². The molecule has 2 heteroatoms. The van der Waals surface area contributed by atoms with Crippen LogP contribution in [0.2, 0.25) is 0 Å². The molecule has 0 aromatic carbocycles. The van der Waals surface area contributed by atoms with Gasteiger partial charge in [0.1, 0.15) is 12.4 Å². The van der Waals surface area contributed by atoms with E-state index in [2.05, 4.69) is 42.7 Å². The fourth-order valence-electron chi connectivity index (χ4n) is 3.04. The maximum atomic E-state index is 3.49. The van der Waals surface area contributed by atoms with Gasteiger partial charge in [-0.2, -0.15) is 0 Å². The van der Waals surface area contributed by atoms with Crippen LogP contribution in [-0.4, -0.2) is 4.98 Å². The number of aromatic amines is 1. The number of rotatable bonds is 12. The van der Waals surface area contributed by atoms with E-state index in [-0.39, 0.29) is 0 Å². The minimum Gasteiger partial charge on any atom is -0.247 e. The second-order valence-electron chi connectivity index (χ2n) is 6.03. The Balaban J connectivity index is 2.40. The van der Waals surface area contributed by atoms with Gasteiger partial charge in [-0.3, -0.25) is 0 Å². The van der Waals surface area contributed by atoms with E-state index in [4.69, 9.17) is 0 Å². The number of nitrogens with zero attached hydrogens (tertiary/aromatic N) is 1. The van der Waals surface area contributed by atoms with E-state index < -0.39 is 0 Å². The zero-order chi connectivity index (χ0) is 14.6. The highest BCUT2D eigenvalue weighted by molar-refractivity contribution is 4.89. The molecule has 0 aliphatic carbocycles. The number of hydrogen-bond donors (Lipinski definition) is 1. The maximum Gasteiger partial charge on any atom is 0.257 e. The van der Waals surface area contributed by atoms with Gasteiger partial charge in [-0.05, 0) is 19.8 Å². The summed E-state index contributed by atoms with van der Waals surface area (Å²) in [5.41, 5.74) is 0. The first-order valence-corrected chi connectivity index (χ1v) is 8.90. The van der Waals surface area contributed by atoms with Crippen molar-refractivity contribution in [3.05, 3.63) is 18.2 Å². The number of nitrogens with one attached hydrogen (secondary N) is 1. The summed E-state index contributed by atoms with van der Waals surface area (Å²) in [4.78, 5) is 3.49. The van der Waals surface area contributed by atoms with Crippen LogP contribution in [0.4, 0.5) is 0 Å². The first-order valence-electron chi connectivity index (χ1n) is 8.90. The van der Waals surface area contributed by atoms with Crippen molar-refractivity contribution in [1.29, 1.82) is 0 Å². The molecule has 1 N–H and O–H groups in total. The summed E-state index contributed by atoms with van der Waals surface area (Å²) in [6.45, 7) is 7.90. The molecule has 0 radical (unpaired) electrons. The largest absolute Gasteiger partial charge is 0.257 e. The van der Waals surface area contributed by atoms with E-state index in [9.17, 15) is 0 Å². The predicted octanol–water partition coefficient (Wildman–Crippen LogP) is 5.35. The van der Waals surface area contributed by atoms with Crippen LogP contribution in [0.1, 0.15) is 96.7 Å². The third kappa shape index (κ3) is 6.11. The summed E-state index contributed by atoms with van der Waals surface area (Å²) in [6, 6.07) is 0. The van der Waals surface area contributed by atoms with Crippen molar-refractivity contribution in [2.75, 3.05) is 0 Å². The van der Waals surface area contributed by atoms with E-state index >= 15 is 0 Å². The molecule has 1 aromatic rings. The molecule has 1 heterocycles. The Hall–Kier alpha value is -0.790. The number of aryl methyl sites for hydroxylation is 1. The monoisotopic (exact) mass is 279 g/mol. The highest BCUT2D eigenvalue weighted by Gasteiger charge is 2.21. The summed E-state index contributed by atoms with van der Waals surface area (Å²) >= 11 is 0. The number of unbranched alkanes of at least 4 members (excludes halogenated alkanes) is 6. The van der Waals surface area contributed by atoms with Gasteiger partial charge in [0.2, 0.25) is 0 Å². The van der Waals surface area contributed by atoms with Crippen LogP contribution in [0, 0.1) is 0 Å². The average Bonchev–Trinajstić information content (AvgIpc) is 2.94. The van der Waals surface area contributed by atoms with E-state index in [1.54, 1.807) is 0 Å². The molecule has 0 saturated heterocycles. The molecule has 0 bridgehead atoms. The van der Waals surface area contributed by atoms with Gasteiger partial charge in [0.25, 0.3) is 5.82 Å². The van der Waals surface area contributed by atoms with Gasteiger partial charge in [0, 0.05) is 0 Å². The quantitative estimate of drug-likeness (QED) is 0.393. The molecular weight excluding hydrogens is 244 g/mol. The van der Waals surface area contributed by atoms with Crippen molar-refractivity contribution >= 4 is 0 Å². The Bertz CT molecular complexity index is 330. The molecule has 0 amide bonds. The molecule has 1 rings (SSSR count). The van der Waals surface area contributed by atoms with Gasteiger partial charge in [-0.1, -0.05) is 65.2 Å². The molecular formula is C18H35N2+. The molecule has 20 heavy (non-hydrogen) atoms. The summed E-state index contributed by atoms with van der Waals surface area (Å²) in [5, 5.41) is 0. The Morgan fingerprint density at radius 2 is 1.55 bits per heavy atom. The SMILES string of the molecule is CCCCCCCC[C@H](CCCC)c1[nH]cc[n+]1CC. The van der Waals surface area contributed by atoms with Crippen LogP contribution in [0.5, 0.6) is 0 Å². The topological polar surface area (TPSA) is 19.7 Å². The Kier molecular flexibility index (Phi) is 9.44. The van der Waals surface area contributed by atoms with Gasteiger partial charge in [-0.15, -0.1) is 0 Å². The maximum absolute atomic E-state index is 3.49. The molecule has 0 spiro atoms. The first-order chi connectivity index (χ1) is 9.83. The van der Waals surface area contributed by atoms with Gasteiger partial charge in [-0.25, -0.2) is 9.55 Å². The lowest BCUT2D eigenvalue weighted by Crippen LogP contribution is -2.36. The molecule has 0 unspecified atom stereocenters. The molecule has 0 saturated carbocycles. The smallest absolute Gasteiger partial charge is 0.247 e. The average molecular weight is 279 g/mol. The normalized spacial score (nSPS) is 12.8. The first kappa shape index (κ1) is 17.3. The van der Waals surface area contributed by atoms with Gasteiger partial charge >= 0.3 is 0 Å². The third-order valence-electron chi connectivity index (χ3n) is 4.33. The van der Waals surface area contributed by atoms with Crippen LogP contribution in [0.15, 0.2) is 12.4 Å². The zero-order valence-corrected chi connectivity index (χ0v) is 14.0. The third-order valence-corrected chi connectivity index (χ3v) is 4.33. The van der Waals surface area contributed by atoms with Gasteiger partial charge in [0.15, 0.2) is 0 Å². The van der Waals surface area contributed by atoms with Crippen molar-refractivity contribution in [2.24, 2.45) is 0 Å². The second-order valence-corrected chi connectivity index (χ2v) is 6.03. The number of aromatic nitrogens is 2. The summed E-state index contributed by atoms with van der Waals surface area (Å²) < 4.78 is 2.39. The predicted molar refractivity (Wildman–Crippen MR) is 86.9 cm³/mol. The van der Waals surface area contributed by atoms with Crippen LogP contribution < -0.4 is 4.57 Å². The number of imidazole rings is 1. The van der Waals surface area contributed by atoms with E-state index in [1.165, 1.54) is 70.0 Å². The standard InChI is InChI=1S/C18H34N2/c1-4-7-9-10-11-12-14-17(13-8-5-2)18-19-15-16-20(18)6-3/h15-17H,4-14H2,1-3H3/p+1/t17-/m0/s1. The van der Waals surface area contributed by atoms with Crippen LogP contribution in [0.3, 0.4) is 0 Å². The lowest BCUT2D eigenvalue weighted by atomic mass is 9.94. The molecule has 2 nitrogen and oxygen atoms in total. The molecule has 0 aliphatic rings. The number of H-pyrrole nitrogens is 1. The lowest BCUT2D eigenvalue weighted by molar-refractivity contribution is -0.701. The van der Waals surface area contributed by atoms with E-state index in [0.29, 0.717) is 0 Å². The minimum atomic E-state index is 0.732. The van der Waals surface area contributed by atoms with Crippen molar-refractivity contribution in [1.82, 2.24) is 4.98 Å². The zero-order valence-electron chi connectivity index (χ0n) is 14.0. The Morgan fingerprint density at radius 1 is 0.900 bits per heavy atom. The summed E-state index contributed by atoms with van der Waals surface area (Å²) in [7, 11) is 0. The molecule has 1 aromatic heterocycles. The highest BCUT2D eigenvalue weighted by atomic mass is 15.1. The lowest BCUT2D eigenvalue weighted by Gasteiger charge is -2.13. The fourth-order valence-corrected chi connectivity index (χ4v) is 3.04. The Morgan fingerprint density at radius 3 is 2.25 bits per heavy atom. The highest BCUT2D eigenvalue weighted by Crippen LogP contribution is 2.25. The van der Waals surface area contributed by atoms with Gasteiger partial charge in [0.05, 0.1) is 12.5 Å². The van der Waals surface area contributed by atoms with E-state index in [0.717, 1.165) is 12.5 Å².